The van der Waals surface area contributed by atoms with Crippen molar-refractivity contribution in [2.24, 2.45) is 23.7 Å². The number of ketones is 1. The van der Waals surface area contributed by atoms with E-state index in [9.17, 15) is 29.7 Å². The third-order valence-electron chi connectivity index (χ3n) is 12.6. The number of aldehydes is 1. The van der Waals surface area contributed by atoms with Crippen molar-refractivity contribution in [3.05, 3.63) is 0 Å². The first-order chi connectivity index (χ1) is 25.5. The number of hydrogen-bond acceptors (Lipinski definition) is 15. The van der Waals surface area contributed by atoms with Gasteiger partial charge in [-0.1, -0.05) is 27.7 Å². The highest BCUT2D eigenvalue weighted by Crippen LogP contribution is 2.42. The van der Waals surface area contributed by atoms with Crippen LogP contribution in [0.2, 0.25) is 0 Å². The number of carbonyl (C=O) groups excluding carboxylic acids is 3. The fourth-order valence-corrected chi connectivity index (χ4v) is 9.03. The summed E-state index contributed by atoms with van der Waals surface area (Å²) < 4.78 is 50.3. The van der Waals surface area contributed by atoms with E-state index in [1.165, 1.54) is 21.1 Å². The fraction of sp³-hybridized carbons (Fsp3) is 0.925. The van der Waals surface area contributed by atoms with Gasteiger partial charge in [0, 0.05) is 44.4 Å². The third kappa shape index (κ3) is 10.5. The van der Waals surface area contributed by atoms with Crippen molar-refractivity contribution in [1.29, 1.82) is 0 Å². The molecule has 15 nitrogen and oxygen atoms in total. The maximum Gasteiger partial charge on any atom is 0.311 e. The summed E-state index contributed by atoms with van der Waals surface area (Å²) in [6.45, 7) is 17.0. The zero-order valence-electron chi connectivity index (χ0n) is 35.6. The second kappa shape index (κ2) is 19.4. The van der Waals surface area contributed by atoms with Gasteiger partial charge in [-0.05, 0) is 74.9 Å². The minimum atomic E-state index is -1.98. The smallest absolute Gasteiger partial charge is 0.311 e. The second-order valence-electron chi connectivity index (χ2n) is 17.1. The molecular weight excluding hydrogens is 718 g/mol. The molecule has 15 heteroatoms. The van der Waals surface area contributed by atoms with Crippen molar-refractivity contribution in [1.82, 2.24) is 4.90 Å². The zero-order valence-corrected chi connectivity index (χ0v) is 35.6. The lowest BCUT2D eigenvalue weighted by atomic mass is 9.74. The van der Waals surface area contributed by atoms with Crippen LogP contribution in [0, 0.1) is 23.7 Å². The quantitative estimate of drug-likeness (QED) is 0.205. The maximum atomic E-state index is 14.3. The highest BCUT2D eigenvalue weighted by molar-refractivity contribution is 5.83. The summed E-state index contributed by atoms with van der Waals surface area (Å²) in [6.07, 6.45) is -7.75. The number of cyclic esters (lactones) is 1. The van der Waals surface area contributed by atoms with Crippen molar-refractivity contribution >= 4 is 18.0 Å². The van der Waals surface area contributed by atoms with Crippen LogP contribution in [0.4, 0.5) is 0 Å². The Labute approximate surface area is 327 Å². The maximum absolute atomic E-state index is 14.3. The Morgan fingerprint density at radius 1 is 0.891 bits per heavy atom. The average molecular weight is 790 g/mol. The van der Waals surface area contributed by atoms with E-state index in [1.54, 1.807) is 41.5 Å². The predicted molar refractivity (Wildman–Crippen MR) is 201 cm³/mol. The van der Waals surface area contributed by atoms with Crippen LogP contribution < -0.4 is 0 Å². The SMILES string of the molecule is CC[C@H]1OC(=O)[C@H](C)[C@@H](O[C@H]2C[C@@](C)(OC)[C@@H](OCC=O)[C@H](C)O2)[C@H](C)[C@@H](O[C@@H]2O[C@H](C)C[C@H](N(C)C)[C@H]2O)[C@](C)(OC)C[C@@H](C)C(=O)[C@H](C)[C@@H](O)[C@]1(C)O. The van der Waals surface area contributed by atoms with Crippen LogP contribution >= 0.6 is 0 Å². The Kier molecular flexibility index (Phi) is 16.9. The Hall–Kier alpha value is -1.63. The number of carbonyl (C=O) groups is 3. The van der Waals surface area contributed by atoms with Crippen LogP contribution in [0.5, 0.6) is 0 Å². The minimum Gasteiger partial charge on any atom is -0.459 e. The molecule has 0 saturated carbocycles. The van der Waals surface area contributed by atoms with Crippen molar-refractivity contribution < 1.29 is 67.6 Å². The number of aliphatic hydroxyl groups is 3. The molecule has 0 amide bonds. The van der Waals surface area contributed by atoms with Crippen LogP contribution in [-0.2, 0) is 52.3 Å². The number of likely N-dealkylation sites (N-methyl/N-ethyl adjacent to an activating group) is 1. The summed E-state index contributed by atoms with van der Waals surface area (Å²) in [5.41, 5.74) is -4.20. The van der Waals surface area contributed by atoms with E-state index in [0.717, 1.165) is 0 Å². The molecule has 3 aliphatic rings. The highest BCUT2D eigenvalue weighted by atomic mass is 16.7. The Balaban J connectivity index is 2.22. The van der Waals surface area contributed by atoms with E-state index in [4.69, 9.17) is 37.9 Å². The summed E-state index contributed by atoms with van der Waals surface area (Å²) in [5.74, 6) is -4.54. The number of nitrogens with zero attached hydrogens (tertiary/aromatic N) is 1. The number of ether oxygens (including phenoxy) is 8. The Morgan fingerprint density at radius 2 is 1.49 bits per heavy atom. The summed E-state index contributed by atoms with van der Waals surface area (Å²) in [5, 5.41) is 34.8. The molecular formula is C40H71NO14. The summed E-state index contributed by atoms with van der Waals surface area (Å²) in [6, 6.07) is -0.294. The molecule has 3 rings (SSSR count). The minimum absolute atomic E-state index is 0.100. The largest absolute Gasteiger partial charge is 0.459 e. The lowest BCUT2D eigenvalue weighted by Gasteiger charge is -2.50. The molecule has 320 valence electrons. The Morgan fingerprint density at radius 3 is 2.04 bits per heavy atom. The number of aliphatic hydroxyl groups excluding tert-OH is 2. The molecule has 55 heavy (non-hydrogen) atoms. The number of methoxy groups -OCH3 is 2. The van der Waals surface area contributed by atoms with Crippen LogP contribution in [0.3, 0.4) is 0 Å². The van der Waals surface area contributed by atoms with Crippen molar-refractivity contribution in [2.75, 3.05) is 34.9 Å². The van der Waals surface area contributed by atoms with Crippen molar-refractivity contribution in [3.63, 3.8) is 0 Å². The standard InChI is InChI=1S/C40H71NO14/c1-15-28-40(10,47)33(45)23(4)30(43)21(2)19-38(8,48-13)34(55-37-31(44)27(41(11)12)18-22(3)51-37)24(5)32(25(6)36(46)53-28)54-29-20-39(9,49-14)35(26(7)52-29)50-17-16-42/h16,21-29,31-35,37,44-45,47H,15,17-20H2,1-14H3/t21-,22-,23+,24+,25-,26+,27+,28-,29+,31-,32+,33-,34-,35+,37+,38-,39-,40-/m1/s1. The molecule has 0 spiro atoms. The lowest BCUT2D eigenvalue weighted by molar-refractivity contribution is -0.321. The van der Waals surface area contributed by atoms with Gasteiger partial charge in [0.15, 0.2) is 12.6 Å². The van der Waals surface area contributed by atoms with E-state index >= 15 is 0 Å². The molecule has 3 saturated heterocycles. The van der Waals surface area contributed by atoms with Crippen LogP contribution in [0.1, 0.15) is 94.9 Å². The molecule has 3 heterocycles. The number of rotatable bonds is 11. The van der Waals surface area contributed by atoms with Gasteiger partial charge >= 0.3 is 5.97 Å². The lowest BCUT2D eigenvalue weighted by Crippen LogP contribution is -2.61. The van der Waals surface area contributed by atoms with Crippen LogP contribution in [-0.4, -0.2) is 157 Å². The topological polar surface area (TPSA) is 189 Å². The summed E-state index contributed by atoms with van der Waals surface area (Å²) in [4.78, 5) is 41.4. The van der Waals surface area contributed by atoms with E-state index in [2.05, 4.69) is 0 Å². The molecule has 0 aliphatic carbocycles. The average Bonchev–Trinajstić information content (AvgIpc) is 3.13. The van der Waals surface area contributed by atoms with Crippen molar-refractivity contribution in [2.45, 2.75) is 179 Å². The predicted octanol–water partition coefficient (Wildman–Crippen LogP) is 2.66. The molecule has 0 aromatic rings. The molecule has 0 radical (unpaired) electrons. The summed E-state index contributed by atoms with van der Waals surface area (Å²) in [7, 11) is 6.79. The number of esters is 1. The van der Waals surface area contributed by atoms with Gasteiger partial charge in [0.05, 0.1) is 47.6 Å². The third-order valence-corrected chi connectivity index (χ3v) is 12.6. The van der Waals surface area contributed by atoms with Gasteiger partial charge in [0.2, 0.25) is 0 Å². The normalized spacial score (nSPS) is 46.9. The van der Waals surface area contributed by atoms with Gasteiger partial charge in [-0.3, -0.25) is 9.59 Å². The first-order valence-corrected chi connectivity index (χ1v) is 19.8. The second-order valence-corrected chi connectivity index (χ2v) is 17.1. The van der Waals surface area contributed by atoms with E-state index in [-0.39, 0.29) is 43.8 Å². The molecule has 0 aromatic carbocycles. The fourth-order valence-electron chi connectivity index (χ4n) is 9.03. The van der Waals surface area contributed by atoms with Gasteiger partial charge in [-0.25, -0.2) is 0 Å². The van der Waals surface area contributed by atoms with Crippen molar-refractivity contribution in [3.8, 4) is 0 Å². The molecule has 18 atom stereocenters. The molecule has 3 N–H and O–H groups in total. The van der Waals surface area contributed by atoms with Gasteiger partial charge in [-0.15, -0.1) is 0 Å². The monoisotopic (exact) mass is 789 g/mol. The van der Waals surface area contributed by atoms with Gasteiger partial charge in [0.1, 0.15) is 42.6 Å². The van der Waals surface area contributed by atoms with Crippen LogP contribution in [0.15, 0.2) is 0 Å². The van der Waals surface area contributed by atoms with Gasteiger partial charge < -0.3 is 62.9 Å². The highest BCUT2D eigenvalue weighted by Gasteiger charge is 2.54. The van der Waals surface area contributed by atoms with E-state index < -0.39 is 102 Å². The van der Waals surface area contributed by atoms with Gasteiger partial charge in [0.25, 0.3) is 0 Å². The first kappa shape index (κ1) is 47.7. The molecule has 3 fully saturated rings. The van der Waals surface area contributed by atoms with E-state index in [0.29, 0.717) is 12.7 Å². The van der Waals surface area contributed by atoms with E-state index in [1.807, 2.05) is 39.8 Å². The molecule has 3 aliphatic heterocycles. The Bertz CT molecular complexity index is 1270. The molecule has 0 bridgehead atoms. The first-order valence-electron chi connectivity index (χ1n) is 19.8. The van der Waals surface area contributed by atoms with Gasteiger partial charge in [-0.2, -0.15) is 0 Å². The summed E-state index contributed by atoms with van der Waals surface area (Å²) >= 11 is 0. The number of hydrogen-bond donors (Lipinski definition) is 3. The number of Topliss-reactive ketones (excluding diaryl/α,β-unsaturated/α-hetero) is 1. The molecule has 0 aromatic heterocycles. The van der Waals surface area contributed by atoms with Crippen LogP contribution in [0.25, 0.3) is 0 Å². The zero-order chi connectivity index (χ0) is 41.8. The molecule has 0 unspecified atom stereocenters.